The standard InChI is InChI=1S/C16H10ClNO2/c17-14-6-4-11(5-7-14)16(19)13-3-1-2-12(10-13)15-8-9-20-18-15/h1-10H. The van der Waals surface area contributed by atoms with Gasteiger partial charge in [-0.15, -0.1) is 0 Å². The molecule has 0 aliphatic carbocycles. The Morgan fingerprint density at radius 3 is 2.50 bits per heavy atom. The lowest BCUT2D eigenvalue weighted by molar-refractivity contribution is 0.103. The van der Waals surface area contributed by atoms with Gasteiger partial charge in [-0.1, -0.05) is 35.0 Å². The Balaban J connectivity index is 1.96. The summed E-state index contributed by atoms with van der Waals surface area (Å²) < 4.78 is 4.82. The van der Waals surface area contributed by atoms with Crippen molar-refractivity contribution in [3.63, 3.8) is 0 Å². The lowest BCUT2D eigenvalue weighted by atomic mass is 10.0. The Morgan fingerprint density at radius 2 is 1.80 bits per heavy atom. The summed E-state index contributed by atoms with van der Waals surface area (Å²) in [6.07, 6.45) is 1.50. The minimum Gasteiger partial charge on any atom is -0.364 e. The molecule has 0 atom stereocenters. The van der Waals surface area contributed by atoms with Gasteiger partial charge in [-0.2, -0.15) is 0 Å². The van der Waals surface area contributed by atoms with Crippen LogP contribution in [0.4, 0.5) is 0 Å². The van der Waals surface area contributed by atoms with Crippen molar-refractivity contribution >= 4 is 17.4 Å². The van der Waals surface area contributed by atoms with Gasteiger partial charge in [-0.05, 0) is 30.3 Å². The maximum absolute atomic E-state index is 12.4. The number of rotatable bonds is 3. The van der Waals surface area contributed by atoms with Crippen LogP contribution in [0.15, 0.2) is 65.4 Å². The van der Waals surface area contributed by atoms with Gasteiger partial charge in [0.2, 0.25) is 0 Å². The molecule has 1 heterocycles. The Morgan fingerprint density at radius 1 is 1.00 bits per heavy atom. The van der Waals surface area contributed by atoms with Gasteiger partial charge < -0.3 is 4.52 Å². The van der Waals surface area contributed by atoms with E-state index in [-0.39, 0.29) is 5.78 Å². The topological polar surface area (TPSA) is 43.1 Å². The third-order valence-corrected chi connectivity index (χ3v) is 3.22. The summed E-state index contributed by atoms with van der Waals surface area (Å²) in [5.74, 6) is -0.0491. The molecule has 0 spiro atoms. The number of halogens is 1. The van der Waals surface area contributed by atoms with Crippen molar-refractivity contribution in [2.24, 2.45) is 0 Å². The van der Waals surface area contributed by atoms with Crippen molar-refractivity contribution in [2.45, 2.75) is 0 Å². The summed E-state index contributed by atoms with van der Waals surface area (Å²) in [4.78, 5) is 12.4. The molecule has 0 saturated carbocycles. The molecule has 3 rings (SSSR count). The Kier molecular flexibility index (Phi) is 3.35. The fourth-order valence-corrected chi connectivity index (χ4v) is 2.08. The first-order valence-electron chi connectivity index (χ1n) is 6.05. The Labute approximate surface area is 120 Å². The second kappa shape index (κ2) is 5.31. The molecule has 98 valence electrons. The average molecular weight is 284 g/mol. The first-order chi connectivity index (χ1) is 9.74. The van der Waals surface area contributed by atoms with Crippen molar-refractivity contribution in [1.82, 2.24) is 5.16 Å². The van der Waals surface area contributed by atoms with Crippen molar-refractivity contribution in [3.8, 4) is 11.3 Å². The maximum atomic E-state index is 12.4. The second-order valence-electron chi connectivity index (χ2n) is 4.30. The quantitative estimate of drug-likeness (QED) is 0.676. The van der Waals surface area contributed by atoms with Gasteiger partial charge in [0, 0.05) is 27.8 Å². The zero-order valence-corrected chi connectivity index (χ0v) is 11.2. The number of hydrogen-bond donors (Lipinski definition) is 0. The SMILES string of the molecule is O=C(c1ccc(Cl)cc1)c1cccc(-c2ccon2)c1. The highest BCUT2D eigenvalue weighted by molar-refractivity contribution is 6.30. The average Bonchev–Trinajstić information content (AvgIpc) is 3.02. The number of hydrogen-bond acceptors (Lipinski definition) is 3. The predicted molar refractivity (Wildman–Crippen MR) is 76.8 cm³/mol. The van der Waals surface area contributed by atoms with Crippen molar-refractivity contribution in [3.05, 3.63) is 77.0 Å². The van der Waals surface area contributed by atoms with E-state index in [1.807, 2.05) is 12.1 Å². The Hall–Kier alpha value is -2.39. The number of ketones is 1. The third kappa shape index (κ3) is 2.49. The van der Waals surface area contributed by atoms with Crippen LogP contribution in [0.3, 0.4) is 0 Å². The summed E-state index contributed by atoms with van der Waals surface area (Å²) in [6.45, 7) is 0. The number of aromatic nitrogens is 1. The largest absolute Gasteiger partial charge is 0.364 e. The van der Waals surface area contributed by atoms with Gasteiger partial charge in [0.25, 0.3) is 0 Å². The van der Waals surface area contributed by atoms with Crippen LogP contribution < -0.4 is 0 Å². The van der Waals surface area contributed by atoms with Crippen molar-refractivity contribution in [1.29, 1.82) is 0 Å². The molecule has 1 aromatic heterocycles. The zero-order valence-electron chi connectivity index (χ0n) is 10.4. The molecule has 0 fully saturated rings. The highest BCUT2D eigenvalue weighted by Crippen LogP contribution is 2.20. The number of carbonyl (C=O) groups is 1. The van der Waals surface area contributed by atoms with Crippen molar-refractivity contribution < 1.29 is 9.32 Å². The van der Waals surface area contributed by atoms with E-state index in [1.165, 1.54) is 6.26 Å². The van der Waals surface area contributed by atoms with Crippen LogP contribution >= 0.6 is 11.6 Å². The van der Waals surface area contributed by atoms with Gasteiger partial charge in [-0.25, -0.2) is 0 Å². The normalized spacial score (nSPS) is 10.4. The van der Waals surface area contributed by atoms with E-state index in [4.69, 9.17) is 16.1 Å². The van der Waals surface area contributed by atoms with Gasteiger partial charge in [0.05, 0.1) is 0 Å². The monoisotopic (exact) mass is 283 g/mol. The summed E-state index contributed by atoms with van der Waals surface area (Å²) in [7, 11) is 0. The molecule has 0 aliphatic heterocycles. The summed E-state index contributed by atoms with van der Waals surface area (Å²) >= 11 is 5.83. The molecular weight excluding hydrogens is 274 g/mol. The zero-order chi connectivity index (χ0) is 13.9. The first-order valence-corrected chi connectivity index (χ1v) is 6.43. The molecular formula is C16H10ClNO2. The van der Waals surface area contributed by atoms with Gasteiger partial charge in [0.1, 0.15) is 12.0 Å². The molecule has 0 bridgehead atoms. The highest BCUT2D eigenvalue weighted by atomic mass is 35.5. The van der Waals surface area contributed by atoms with Crippen LogP contribution in [-0.2, 0) is 0 Å². The van der Waals surface area contributed by atoms with E-state index >= 15 is 0 Å². The molecule has 2 aromatic carbocycles. The van der Waals surface area contributed by atoms with E-state index < -0.39 is 0 Å². The van der Waals surface area contributed by atoms with Crippen LogP contribution in [0, 0.1) is 0 Å². The van der Waals surface area contributed by atoms with E-state index in [0.29, 0.717) is 21.8 Å². The lowest BCUT2D eigenvalue weighted by Gasteiger charge is -2.03. The molecule has 0 radical (unpaired) electrons. The van der Waals surface area contributed by atoms with E-state index in [2.05, 4.69) is 5.16 Å². The fourth-order valence-electron chi connectivity index (χ4n) is 1.95. The molecule has 3 nitrogen and oxygen atoms in total. The molecule has 0 saturated heterocycles. The molecule has 0 amide bonds. The number of carbonyl (C=O) groups excluding carboxylic acids is 1. The van der Waals surface area contributed by atoms with Crippen molar-refractivity contribution in [2.75, 3.05) is 0 Å². The van der Waals surface area contributed by atoms with Gasteiger partial charge >= 0.3 is 0 Å². The van der Waals surface area contributed by atoms with Gasteiger partial charge in [0.15, 0.2) is 5.78 Å². The van der Waals surface area contributed by atoms with Crippen LogP contribution in [0.2, 0.25) is 5.02 Å². The second-order valence-corrected chi connectivity index (χ2v) is 4.74. The van der Waals surface area contributed by atoms with Crippen LogP contribution in [-0.4, -0.2) is 10.9 Å². The highest BCUT2D eigenvalue weighted by Gasteiger charge is 2.10. The van der Waals surface area contributed by atoms with E-state index in [1.54, 1.807) is 42.5 Å². The maximum Gasteiger partial charge on any atom is 0.193 e. The molecule has 4 heteroatoms. The third-order valence-electron chi connectivity index (χ3n) is 2.96. The minimum absolute atomic E-state index is 0.0491. The fraction of sp³-hybridized carbons (Fsp3) is 0. The molecule has 3 aromatic rings. The van der Waals surface area contributed by atoms with Gasteiger partial charge in [-0.3, -0.25) is 4.79 Å². The number of nitrogens with zero attached hydrogens (tertiary/aromatic N) is 1. The van der Waals surface area contributed by atoms with Crippen LogP contribution in [0.25, 0.3) is 11.3 Å². The minimum atomic E-state index is -0.0491. The summed E-state index contributed by atoms with van der Waals surface area (Å²) in [5.41, 5.74) is 2.76. The van der Waals surface area contributed by atoms with Crippen LogP contribution in [0.5, 0.6) is 0 Å². The van der Waals surface area contributed by atoms with E-state index in [0.717, 1.165) is 5.56 Å². The molecule has 0 N–H and O–H groups in total. The first kappa shape index (κ1) is 12.6. The summed E-state index contributed by atoms with van der Waals surface area (Å²) in [6, 6.07) is 15.9. The number of benzene rings is 2. The molecule has 0 unspecified atom stereocenters. The van der Waals surface area contributed by atoms with E-state index in [9.17, 15) is 4.79 Å². The molecule has 0 aliphatic rings. The lowest BCUT2D eigenvalue weighted by Crippen LogP contribution is -2.01. The summed E-state index contributed by atoms with van der Waals surface area (Å²) in [5, 5.41) is 4.48. The molecule has 20 heavy (non-hydrogen) atoms. The van der Waals surface area contributed by atoms with Crippen LogP contribution in [0.1, 0.15) is 15.9 Å². The smallest absolute Gasteiger partial charge is 0.193 e. The Bertz CT molecular complexity index is 733. The predicted octanol–water partition coefficient (Wildman–Crippen LogP) is 4.23.